The summed E-state index contributed by atoms with van der Waals surface area (Å²) in [7, 11) is 0. The minimum Gasteiger partial charge on any atom is -0.484 e. The van der Waals surface area contributed by atoms with Crippen LogP contribution in [0.15, 0.2) is 28.7 Å². The van der Waals surface area contributed by atoms with Gasteiger partial charge in [-0.2, -0.15) is 0 Å². The quantitative estimate of drug-likeness (QED) is 0.807. The van der Waals surface area contributed by atoms with E-state index in [1.54, 1.807) is 6.07 Å². The lowest BCUT2D eigenvalue weighted by molar-refractivity contribution is -0.123. The van der Waals surface area contributed by atoms with Crippen molar-refractivity contribution in [2.45, 2.75) is 20.3 Å². The highest BCUT2D eigenvalue weighted by Gasteiger charge is 2.18. The van der Waals surface area contributed by atoms with Crippen LogP contribution in [0.2, 0.25) is 0 Å². The molecule has 0 unspecified atom stereocenters. The summed E-state index contributed by atoms with van der Waals surface area (Å²) in [5, 5.41) is 11.7. The van der Waals surface area contributed by atoms with Gasteiger partial charge >= 0.3 is 0 Å². The molecule has 0 saturated carbocycles. The first-order valence-electron chi connectivity index (χ1n) is 6.19. The van der Waals surface area contributed by atoms with E-state index in [0.717, 1.165) is 4.47 Å². The highest BCUT2D eigenvalue weighted by atomic mass is 79.9. The van der Waals surface area contributed by atoms with Gasteiger partial charge in [-0.3, -0.25) is 4.79 Å². The highest BCUT2D eigenvalue weighted by molar-refractivity contribution is 9.10. The Kier molecular flexibility index (Phi) is 6.31. The van der Waals surface area contributed by atoms with Crippen LogP contribution in [-0.2, 0) is 4.79 Å². The van der Waals surface area contributed by atoms with Crippen molar-refractivity contribution in [3.05, 3.63) is 28.7 Å². The lowest BCUT2D eigenvalue weighted by Crippen LogP contribution is -2.37. The van der Waals surface area contributed by atoms with Gasteiger partial charge in [-0.05, 0) is 30.0 Å². The third-order valence-corrected chi connectivity index (χ3v) is 3.21. The molecule has 0 aliphatic rings. The molecule has 106 valence electrons. The molecule has 2 N–H and O–H groups in total. The van der Waals surface area contributed by atoms with E-state index < -0.39 is 0 Å². The van der Waals surface area contributed by atoms with Crippen LogP contribution in [0, 0.1) is 5.41 Å². The summed E-state index contributed by atoms with van der Waals surface area (Å²) in [6.45, 7) is 4.63. The Morgan fingerprint density at radius 2 is 2.21 bits per heavy atom. The van der Waals surface area contributed by atoms with Gasteiger partial charge in [0.25, 0.3) is 5.91 Å². The van der Waals surface area contributed by atoms with Crippen LogP contribution in [0.1, 0.15) is 20.3 Å². The van der Waals surface area contributed by atoms with Crippen LogP contribution in [0.4, 0.5) is 0 Å². The maximum atomic E-state index is 11.6. The van der Waals surface area contributed by atoms with Crippen LogP contribution in [0.3, 0.4) is 0 Å². The standard InChI is InChI=1S/C14H20BrNO3/c1-14(2,6-7-17)10-16-13(18)9-19-12-5-3-4-11(15)8-12/h3-5,8,17H,6-7,9-10H2,1-2H3,(H,16,18). The van der Waals surface area contributed by atoms with E-state index in [2.05, 4.69) is 21.2 Å². The Bertz CT molecular complexity index is 421. The maximum absolute atomic E-state index is 11.6. The molecule has 1 rings (SSSR count). The fourth-order valence-corrected chi connectivity index (χ4v) is 1.86. The number of aliphatic hydroxyl groups excluding tert-OH is 1. The van der Waals surface area contributed by atoms with Gasteiger partial charge in [0, 0.05) is 17.6 Å². The fraction of sp³-hybridized carbons (Fsp3) is 0.500. The second-order valence-corrected chi connectivity index (χ2v) is 6.08. The van der Waals surface area contributed by atoms with E-state index in [9.17, 15) is 4.79 Å². The van der Waals surface area contributed by atoms with E-state index in [1.165, 1.54) is 0 Å². The minimum absolute atomic E-state index is 0.00828. The molecule has 0 fully saturated rings. The second kappa shape index (κ2) is 7.50. The van der Waals surface area contributed by atoms with E-state index >= 15 is 0 Å². The van der Waals surface area contributed by atoms with Crippen molar-refractivity contribution in [1.82, 2.24) is 5.32 Å². The molecule has 0 aliphatic carbocycles. The first kappa shape index (κ1) is 16.0. The normalized spacial score (nSPS) is 11.2. The third-order valence-electron chi connectivity index (χ3n) is 2.72. The second-order valence-electron chi connectivity index (χ2n) is 5.16. The Hall–Kier alpha value is -1.07. The topological polar surface area (TPSA) is 58.6 Å². The first-order valence-corrected chi connectivity index (χ1v) is 6.98. The Morgan fingerprint density at radius 3 is 2.84 bits per heavy atom. The Morgan fingerprint density at radius 1 is 1.47 bits per heavy atom. The van der Waals surface area contributed by atoms with E-state index in [0.29, 0.717) is 18.7 Å². The summed E-state index contributed by atoms with van der Waals surface area (Å²) in [4.78, 5) is 11.6. The van der Waals surface area contributed by atoms with Crippen LogP contribution in [0.25, 0.3) is 0 Å². The van der Waals surface area contributed by atoms with Crippen molar-refractivity contribution in [1.29, 1.82) is 0 Å². The van der Waals surface area contributed by atoms with E-state index in [-0.39, 0.29) is 24.5 Å². The average molecular weight is 330 g/mol. The lowest BCUT2D eigenvalue weighted by Gasteiger charge is -2.23. The van der Waals surface area contributed by atoms with Gasteiger partial charge in [-0.25, -0.2) is 0 Å². The van der Waals surface area contributed by atoms with Crippen LogP contribution < -0.4 is 10.1 Å². The molecule has 0 spiro atoms. The first-order chi connectivity index (χ1) is 8.93. The molecule has 0 aliphatic heterocycles. The van der Waals surface area contributed by atoms with Crippen molar-refractivity contribution >= 4 is 21.8 Å². The van der Waals surface area contributed by atoms with E-state index in [4.69, 9.17) is 9.84 Å². The number of halogens is 1. The summed E-state index contributed by atoms with van der Waals surface area (Å²) in [5.41, 5.74) is -0.111. The average Bonchev–Trinajstić information content (AvgIpc) is 2.34. The fourth-order valence-electron chi connectivity index (χ4n) is 1.49. The highest BCUT2D eigenvalue weighted by Crippen LogP contribution is 2.18. The Labute approximate surface area is 122 Å². The monoisotopic (exact) mass is 329 g/mol. The number of hydrogen-bond acceptors (Lipinski definition) is 3. The zero-order chi connectivity index (χ0) is 14.3. The summed E-state index contributed by atoms with van der Waals surface area (Å²) in [6, 6.07) is 7.35. The largest absolute Gasteiger partial charge is 0.484 e. The predicted molar refractivity (Wildman–Crippen MR) is 78.1 cm³/mol. The number of rotatable bonds is 7. The number of carbonyl (C=O) groups is 1. The Balaban J connectivity index is 2.32. The SMILES string of the molecule is CC(C)(CCO)CNC(=O)COc1cccc(Br)c1. The summed E-state index contributed by atoms with van der Waals surface area (Å²) in [6.07, 6.45) is 0.653. The van der Waals surface area contributed by atoms with Gasteiger partial charge in [-0.15, -0.1) is 0 Å². The third kappa shape index (κ3) is 6.59. The number of aliphatic hydroxyl groups is 1. The zero-order valence-corrected chi connectivity index (χ0v) is 12.9. The van der Waals surface area contributed by atoms with Crippen LogP contribution in [0.5, 0.6) is 5.75 Å². The molecular formula is C14H20BrNO3. The van der Waals surface area contributed by atoms with Crippen molar-refractivity contribution in [3.8, 4) is 5.75 Å². The predicted octanol–water partition coefficient (Wildman–Crippen LogP) is 2.35. The number of amides is 1. The van der Waals surface area contributed by atoms with Crippen LogP contribution >= 0.6 is 15.9 Å². The molecule has 0 bridgehead atoms. The van der Waals surface area contributed by atoms with Gasteiger partial charge in [0.1, 0.15) is 5.75 Å². The lowest BCUT2D eigenvalue weighted by atomic mass is 9.90. The molecule has 4 nitrogen and oxygen atoms in total. The smallest absolute Gasteiger partial charge is 0.257 e. The van der Waals surface area contributed by atoms with Crippen LogP contribution in [-0.4, -0.2) is 30.8 Å². The summed E-state index contributed by atoms with van der Waals surface area (Å²) in [5.74, 6) is 0.491. The van der Waals surface area contributed by atoms with Crippen molar-refractivity contribution in [3.63, 3.8) is 0 Å². The molecular weight excluding hydrogens is 310 g/mol. The molecule has 0 radical (unpaired) electrons. The number of carbonyl (C=O) groups excluding carboxylic acids is 1. The minimum atomic E-state index is -0.161. The molecule has 5 heteroatoms. The molecule has 1 aromatic carbocycles. The summed E-state index contributed by atoms with van der Waals surface area (Å²) < 4.78 is 6.29. The van der Waals surface area contributed by atoms with Crippen molar-refractivity contribution < 1.29 is 14.6 Å². The van der Waals surface area contributed by atoms with Crippen molar-refractivity contribution in [2.24, 2.45) is 5.41 Å². The van der Waals surface area contributed by atoms with Crippen molar-refractivity contribution in [2.75, 3.05) is 19.8 Å². The summed E-state index contributed by atoms with van der Waals surface area (Å²) >= 11 is 3.34. The van der Waals surface area contributed by atoms with Gasteiger partial charge in [0.15, 0.2) is 6.61 Å². The molecule has 0 saturated heterocycles. The van der Waals surface area contributed by atoms with Gasteiger partial charge in [0.05, 0.1) is 0 Å². The molecule has 1 aromatic rings. The molecule has 19 heavy (non-hydrogen) atoms. The number of nitrogens with one attached hydrogen (secondary N) is 1. The number of benzene rings is 1. The molecule has 0 heterocycles. The molecule has 0 aromatic heterocycles. The van der Waals surface area contributed by atoms with Gasteiger partial charge in [0.2, 0.25) is 0 Å². The maximum Gasteiger partial charge on any atom is 0.257 e. The number of ether oxygens (including phenoxy) is 1. The molecule has 0 atom stereocenters. The van der Waals surface area contributed by atoms with Gasteiger partial charge < -0.3 is 15.2 Å². The zero-order valence-electron chi connectivity index (χ0n) is 11.3. The molecule has 1 amide bonds. The van der Waals surface area contributed by atoms with Gasteiger partial charge in [-0.1, -0.05) is 35.8 Å². The van der Waals surface area contributed by atoms with E-state index in [1.807, 2.05) is 32.0 Å². The number of hydrogen-bond donors (Lipinski definition) is 2.